The summed E-state index contributed by atoms with van der Waals surface area (Å²) in [5, 5.41) is 8.58. The summed E-state index contributed by atoms with van der Waals surface area (Å²) in [5.41, 5.74) is -0.190. The van der Waals surface area contributed by atoms with Crippen LogP contribution in [-0.4, -0.2) is 11.1 Å². The Morgan fingerprint density at radius 3 is 2.41 bits per heavy atom. The van der Waals surface area contributed by atoms with Crippen molar-refractivity contribution in [3.63, 3.8) is 0 Å². The quantitative estimate of drug-likeness (QED) is 0.820. The van der Waals surface area contributed by atoms with Crippen LogP contribution < -0.4 is 0 Å². The number of benzene rings is 2. The number of hydrogen-bond acceptors (Lipinski definition) is 1. The van der Waals surface area contributed by atoms with Crippen LogP contribution in [-0.2, 0) is 11.2 Å². The lowest BCUT2D eigenvalue weighted by molar-refractivity contribution is -0.136. The molecule has 0 saturated carbocycles. The third-order valence-corrected chi connectivity index (χ3v) is 3.22. The lowest BCUT2D eigenvalue weighted by Crippen LogP contribution is -2.00. The van der Waals surface area contributed by atoms with Crippen LogP contribution in [0.15, 0.2) is 36.4 Å². The van der Waals surface area contributed by atoms with E-state index >= 15 is 0 Å². The van der Waals surface area contributed by atoms with Crippen molar-refractivity contribution in [2.75, 3.05) is 0 Å². The first-order valence-corrected chi connectivity index (χ1v) is 6.46. The van der Waals surface area contributed by atoms with E-state index in [0.717, 1.165) is 24.3 Å². The monoisotopic (exact) mass is 312 g/mol. The third kappa shape index (κ3) is 3.63. The highest BCUT2D eigenvalue weighted by Crippen LogP contribution is 2.32. The van der Waals surface area contributed by atoms with Gasteiger partial charge >= 0.3 is 5.97 Å². The molecule has 0 radical (unpaired) electrons. The number of carboxylic acids is 1. The molecule has 0 atom stereocenters. The van der Waals surface area contributed by atoms with Gasteiger partial charge in [-0.1, -0.05) is 12.1 Å². The van der Waals surface area contributed by atoms with Crippen LogP contribution in [0.4, 0.5) is 17.6 Å². The van der Waals surface area contributed by atoms with Crippen LogP contribution in [0.25, 0.3) is 11.1 Å². The molecule has 0 aromatic heterocycles. The molecule has 2 aromatic rings. The zero-order valence-electron chi connectivity index (χ0n) is 11.3. The Morgan fingerprint density at radius 1 is 1.09 bits per heavy atom. The summed E-state index contributed by atoms with van der Waals surface area (Å²) in [6.07, 6.45) is -3.06. The van der Waals surface area contributed by atoms with Gasteiger partial charge < -0.3 is 5.11 Å². The Balaban J connectivity index is 2.40. The van der Waals surface area contributed by atoms with Gasteiger partial charge in [-0.05, 0) is 47.4 Å². The predicted molar refractivity (Wildman–Crippen MR) is 72.7 cm³/mol. The maximum Gasteiger partial charge on any atom is 0.303 e. The van der Waals surface area contributed by atoms with Crippen molar-refractivity contribution in [3.05, 3.63) is 59.2 Å². The molecule has 0 unspecified atom stereocenters. The Hall–Kier alpha value is -2.37. The summed E-state index contributed by atoms with van der Waals surface area (Å²) in [4.78, 5) is 10.5. The molecule has 0 heterocycles. The standard InChI is InChI=1S/C16H12F4O2/c17-11-4-5-12(16(19)20)13(8-11)10-2-1-9(14(18)7-10)3-6-15(21)22/h1-2,4-5,7-8,16H,3,6H2,(H,21,22). The first kappa shape index (κ1) is 16.0. The van der Waals surface area contributed by atoms with E-state index in [2.05, 4.69) is 0 Å². The van der Waals surface area contributed by atoms with Crippen LogP contribution in [0.2, 0.25) is 0 Å². The van der Waals surface area contributed by atoms with Crippen LogP contribution in [0.5, 0.6) is 0 Å². The van der Waals surface area contributed by atoms with Crippen molar-refractivity contribution in [1.29, 1.82) is 0 Å². The molecule has 1 N–H and O–H groups in total. The smallest absolute Gasteiger partial charge is 0.303 e. The van der Waals surface area contributed by atoms with Crippen molar-refractivity contribution in [1.82, 2.24) is 0 Å². The second kappa shape index (κ2) is 6.60. The number of carbonyl (C=O) groups is 1. The molecule has 0 amide bonds. The van der Waals surface area contributed by atoms with Gasteiger partial charge in [-0.2, -0.15) is 0 Å². The molecular weight excluding hydrogens is 300 g/mol. The topological polar surface area (TPSA) is 37.3 Å². The number of aliphatic carboxylic acids is 1. The minimum Gasteiger partial charge on any atom is -0.481 e. The fourth-order valence-corrected chi connectivity index (χ4v) is 2.13. The van der Waals surface area contributed by atoms with E-state index in [1.54, 1.807) is 0 Å². The summed E-state index contributed by atoms with van der Waals surface area (Å²) in [5.74, 6) is -2.47. The highest BCUT2D eigenvalue weighted by Gasteiger charge is 2.16. The molecule has 0 aliphatic carbocycles. The van der Waals surface area contributed by atoms with Gasteiger partial charge in [-0.15, -0.1) is 0 Å². The van der Waals surface area contributed by atoms with Crippen molar-refractivity contribution >= 4 is 5.97 Å². The molecular formula is C16H12F4O2. The second-order valence-electron chi connectivity index (χ2n) is 4.73. The Morgan fingerprint density at radius 2 is 1.82 bits per heavy atom. The first-order valence-electron chi connectivity index (χ1n) is 6.46. The normalized spacial score (nSPS) is 11.0. The number of aryl methyl sites for hydroxylation is 1. The molecule has 22 heavy (non-hydrogen) atoms. The second-order valence-corrected chi connectivity index (χ2v) is 4.73. The van der Waals surface area contributed by atoms with E-state index in [1.807, 2.05) is 0 Å². The van der Waals surface area contributed by atoms with E-state index in [1.165, 1.54) is 12.1 Å². The van der Waals surface area contributed by atoms with Gasteiger partial charge in [0, 0.05) is 12.0 Å². The number of carboxylic acid groups (broad SMARTS) is 1. The summed E-state index contributed by atoms with van der Waals surface area (Å²) in [6, 6.07) is 6.52. The summed E-state index contributed by atoms with van der Waals surface area (Å²) < 4.78 is 53.1. The van der Waals surface area contributed by atoms with E-state index in [4.69, 9.17) is 5.11 Å². The average Bonchev–Trinajstić information content (AvgIpc) is 2.45. The maximum absolute atomic E-state index is 13.9. The average molecular weight is 312 g/mol. The molecule has 0 bridgehead atoms. The zero-order valence-corrected chi connectivity index (χ0v) is 11.3. The lowest BCUT2D eigenvalue weighted by Gasteiger charge is -2.11. The Bertz CT molecular complexity index is 699. The fourth-order valence-electron chi connectivity index (χ4n) is 2.13. The molecule has 116 valence electrons. The van der Waals surface area contributed by atoms with Gasteiger partial charge in [0.25, 0.3) is 6.43 Å². The summed E-state index contributed by atoms with van der Waals surface area (Å²) >= 11 is 0. The van der Waals surface area contributed by atoms with Gasteiger partial charge in [0.15, 0.2) is 0 Å². The SMILES string of the molecule is O=C(O)CCc1ccc(-c2cc(F)ccc2C(F)F)cc1F. The Kier molecular flexibility index (Phi) is 4.80. The molecule has 6 heteroatoms. The van der Waals surface area contributed by atoms with Crippen molar-refractivity contribution in [2.24, 2.45) is 0 Å². The number of hydrogen-bond donors (Lipinski definition) is 1. The van der Waals surface area contributed by atoms with E-state index in [-0.39, 0.29) is 35.1 Å². The first-order chi connectivity index (χ1) is 10.4. The van der Waals surface area contributed by atoms with Crippen molar-refractivity contribution in [2.45, 2.75) is 19.3 Å². The maximum atomic E-state index is 13.9. The van der Waals surface area contributed by atoms with Gasteiger partial charge in [-0.3, -0.25) is 4.79 Å². The fraction of sp³-hybridized carbons (Fsp3) is 0.188. The van der Waals surface area contributed by atoms with Crippen LogP contribution >= 0.6 is 0 Å². The van der Waals surface area contributed by atoms with Crippen molar-refractivity contribution in [3.8, 4) is 11.1 Å². The van der Waals surface area contributed by atoms with Crippen LogP contribution in [0.1, 0.15) is 24.0 Å². The number of alkyl halides is 2. The molecule has 0 aliphatic heterocycles. The Labute approximate surface area is 124 Å². The largest absolute Gasteiger partial charge is 0.481 e. The van der Waals surface area contributed by atoms with Gasteiger partial charge in [0.1, 0.15) is 11.6 Å². The molecule has 0 spiro atoms. The lowest BCUT2D eigenvalue weighted by atomic mass is 9.97. The van der Waals surface area contributed by atoms with Gasteiger partial charge in [0.2, 0.25) is 0 Å². The van der Waals surface area contributed by atoms with Gasteiger partial charge in [0.05, 0.1) is 0 Å². The molecule has 2 nitrogen and oxygen atoms in total. The predicted octanol–water partition coefficient (Wildman–Crippen LogP) is 4.59. The minimum absolute atomic E-state index is 0.00764. The third-order valence-electron chi connectivity index (χ3n) is 3.22. The molecule has 2 aromatic carbocycles. The molecule has 2 rings (SSSR count). The number of halogens is 4. The van der Waals surface area contributed by atoms with Crippen molar-refractivity contribution < 1.29 is 27.5 Å². The van der Waals surface area contributed by atoms with E-state index < -0.39 is 24.0 Å². The summed E-state index contributed by atoms with van der Waals surface area (Å²) in [6.45, 7) is 0. The zero-order chi connectivity index (χ0) is 16.3. The molecule has 0 fully saturated rings. The number of rotatable bonds is 5. The highest BCUT2D eigenvalue weighted by molar-refractivity contribution is 5.69. The van der Waals surface area contributed by atoms with Gasteiger partial charge in [-0.25, -0.2) is 17.6 Å². The van der Waals surface area contributed by atoms with E-state index in [9.17, 15) is 22.4 Å². The van der Waals surface area contributed by atoms with Crippen LogP contribution in [0, 0.1) is 11.6 Å². The highest BCUT2D eigenvalue weighted by atomic mass is 19.3. The summed E-state index contributed by atoms with van der Waals surface area (Å²) in [7, 11) is 0. The minimum atomic E-state index is -2.81. The molecule has 0 saturated heterocycles. The van der Waals surface area contributed by atoms with Crippen LogP contribution in [0.3, 0.4) is 0 Å². The van der Waals surface area contributed by atoms with E-state index in [0.29, 0.717) is 0 Å². The molecule has 0 aliphatic rings.